The van der Waals surface area contributed by atoms with E-state index in [-0.39, 0.29) is 10.9 Å². The van der Waals surface area contributed by atoms with E-state index in [2.05, 4.69) is 4.98 Å². The van der Waals surface area contributed by atoms with E-state index in [1.807, 2.05) is 0 Å². The Kier molecular flexibility index (Phi) is 2.88. The summed E-state index contributed by atoms with van der Waals surface area (Å²) in [5.74, 6) is 0.933. The molecule has 0 radical (unpaired) electrons. The number of benzene rings is 1. The molecule has 7 heteroatoms. The van der Waals surface area contributed by atoms with Crippen molar-refractivity contribution in [3.63, 3.8) is 0 Å². The number of aromatic amines is 1. The number of imidazole rings is 1. The fourth-order valence-corrected chi connectivity index (χ4v) is 3.73. The van der Waals surface area contributed by atoms with Gasteiger partial charge in [-0.15, -0.1) is 11.8 Å². The number of hydrogen-bond acceptors (Lipinski definition) is 2. The lowest BCUT2D eigenvalue weighted by Gasteiger charge is -2.11. The van der Waals surface area contributed by atoms with Crippen molar-refractivity contribution in [2.75, 3.05) is 5.75 Å². The first-order valence-corrected chi connectivity index (χ1v) is 6.95. The Labute approximate surface area is 110 Å². The molecule has 1 aliphatic heterocycles. The van der Waals surface area contributed by atoms with E-state index >= 15 is 0 Å². The zero-order valence-electron chi connectivity index (χ0n) is 9.83. The Morgan fingerprint density at radius 3 is 2.79 bits per heavy atom. The summed E-state index contributed by atoms with van der Waals surface area (Å²) in [5, 5.41) is -0.0651. The predicted octanol–water partition coefficient (Wildman–Crippen LogP) is 3.37. The van der Waals surface area contributed by atoms with E-state index in [4.69, 9.17) is 0 Å². The van der Waals surface area contributed by atoms with E-state index in [1.165, 1.54) is 10.6 Å². The number of alkyl halides is 3. The normalized spacial score (nSPS) is 20.3. The van der Waals surface area contributed by atoms with Crippen molar-refractivity contribution in [2.45, 2.75) is 24.4 Å². The molecule has 3 nitrogen and oxygen atoms in total. The maximum absolute atomic E-state index is 12.9. The van der Waals surface area contributed by atoms with Crippen LogP contribution in [0.5, 0.6) is 0 Å². The smallest absolute Gasteiger partial charge is 0.305 e. The molecule has 1 aromatic carbocycles. The van der Waals surface area contributed by atoms with Gasteiger partial charge in [0.25, 0.3) is 0 Å². The van der Waals surface area contributed by atoms with Gasteiger partial charge in [-0.3, -0.25) is 4.57 Å². The van der Waals surface area contributed by atoms with Gasteiger partial charge in [0.2, 0.25) is 0 Å². The van der Waals surface area contributed by atoms with Gasteiger partial charge >= 0.3 is 11.9 Å². The standard InChI is InChI=1S/C12H11F3N2OS/c13-12(14,15)7-3-1-4-8-10(7)16-11(18)17(8)9-5-2-6-19-9/h1,3-4,9H,2,5-6H2,(H,16,18). The minimum Gasteiger partial charge on any atom is -0.305 e. The van der Waals surface area contributed by atoms with Crippen LogP contribution in [0.2, 0.25) is 0 Å². The minimum absolute atomic E-state index is 0.0651. The van der Waals surface area contributed by atoms with Crippen LogP contribution in [-0.2, 0) is 6.18 Å². The van der Waals surface area contributed by atoms with Crippen LogP contribution in [0.15, 0.2) is 23.0 Å². The molecule has 102 valence electrons. The van der Waals surface area contributed by atoms with E-state index in [0.717, 1.165) is 24.7 Å². The van der Waals surface area contributed by atoms with Gasteiger partial charge in [-0.05, 0) is 30.7 Å². The van der Waals surface area contributed by atoms with Crippen molar-refractivity contribution < 1.29 is 13.2 Å². The Morgan fingerprint density at radius 2 is 2.16 bits per heavy atom. The zero-order chi connectivity index (χ0) is 13.6. The van der Waals surface area contributed by atoms with Gasteiger partial charge in [-0.1, -0.05) is 6.07 Å². The summed E-state index contributed by atoms with van der Waals surface area (Å²) in [6, 6.07) is 3.89. The maximum Gasteiger partial charge on any atom is 0.418 e. The minimum atomic E-state index is -4.46. The molecule has 1 N–H and O–H groups in total. The van der Waals surface area contributed by atoms with Crippen LogP contribution >= 0.6 is 11.8 Å². The number of hydrogen-bond donors (Lipinski definition) is 1. The zero-order valence-corrected chi connectivity index (χ0v) is 10.6. The van der Waals surface area contributed by atoms with Crippen LogP contribution in [0.1, 0.15) is 23.8 Å². The first-order chi connectivity index (χ1) is 8.98. The average molecular weight is 288 g/mol. The summed E-state index contributed by atoms with van der Waals surface area (Å²) < 4.78 is 40.1. The number of thioether (sulfide) groups is 1. The van der Waals surface area contributed by atoms with Gasteiger partial charge in [0.1, 0.15) is 0 Å². The van der Waals surface area contributed by atoms with Crippen LogP contribution in [0, 0.1) is 0 Å². The quantitative estimate of drug-likeness (QED) is 0.873. The van der Waals surface area contributed by atoms with Crippen molar-refractivity contribution in [1.29, 1.82) is 0 Å². The van der Waals surface area contributed by atoms with Crippen LogP contribution in [0.25, 0.3) is 11.0 Å². The molecule has 0 spiro atoms. The molecule has 0 aliphatic carbocycles. The average Bonchev–Trinajstić information content (AvgIpc) is 2.92. The van der Waals surface area contributed by atoms with Crippen molar-refractivity contribution in [1.82, 2.24) is 9.55 Å². The van der Waals surface area contributed by atoms with Crippen LogP contribution < -0.4 is 5.69 Å². The van der Waals surface area contributed by atoms with Crippen molar-refractivity contribution in [3.05, 3.63) is 34.2 Å². The number of halogens is 3. The molecule has 0 bridgehead atoms. The molecule has 2 aromatic rings. The van der Waals surface area contributed by atoms with Gasteiger partial charge in [0, 0.05) is 0 Å². The number of aromatic nitrogens is 2. The monoisotopic (exact) mass is 288 g/mol. The Bertz CT molecular complexity index is 668. The summed E-state index contributed by atoms with van der Waals surface area (Å²) in [6.45, 7) is 0. The molecule has 19 heavy (non-hydrogen) atoms. The lowest BCUT2D eigenvalue weighted by atomic mass is 10.2. The summed E-state index contributed by atoms with van der Waals surface area (Å²) in [4.78, 5) is 14.3. The predicted molar refractivity (Wildman–Crippen MR) is 68.3 cm³/mol. The molecule has 1 fully saturated rings. The van der Waals surface area contributed by atoms with Crippen LogP contribution in [0.3, 0.4) is 0 Å². The molecule has 3 rings (SSSR count). The highest BCUT2D eigenvalue weighted by atomic mass is 32.2. The highest BCUT2D eigenvalue weighted by molar-refractivity contribution is 7.99. The van der Waals surface area contributed by atoms with E-state index < -0.39 is 17.4 Å². The number of nitrogens with zero attached hydrogens (tertiary/aromatic N) is 1. The summed E-state index contributed by atoms with van der Waals surface area (Å²) in [7, 11) is 0. The van der Waals surface area contributed by atoms with Gasteiger partial charge in [0.15, 0.2) is 0 Å². The maximum atomic E-state index is 12.9. The molecule has 1 unspecified atom stereocenters. The lowest BCUT2D eigenvalue weighted by Crippen LogP contribution is -2.18. The Hall–Kier alpha value is -1.37. The SMILES string of the molecule is O=c1[nH]c2c(C(F)(F)F)cccc2n1C1CCCS1. The molecular formula is C12H11F3N2OS. The largest absolute Gasteiger partial charge is 0.418 e. The third kappa shape index (κ3) is 2.05. The molecule has 1 aliphatic rings. The fraction of sp³-hybridized carbons (Fsp3) is 0.417. The van der Waals surface area contributed by atoms with Crippen molar-refractivity contribution >= 4 is 22.8 Å². The molecule has 0 amide bonds. The number of para-hydroxylation sites is 1. The molecule has 1 atom stereocenters. The lowest BCUT2D eigenvalue weighted by molar-refractivity contribution is -0.136. The second-order valence-electron chi connectivity index (χ2n) is 4.47. The van der Waals surface area contributed by atoms with Crippen LogP contribution in [-0.4, -0.2) is 15.3 Å². The van der Waals surface area contributed by atoms with Gasteiger partial charge in [-0.2, -0.15) is 13.2 Å². The third-order valence-corrected chi connectivity index (χ3v) is 4.61. The van der Waals surface area contributed by atoms with E-state index in [9.17, 15) is 18.0 Å². The number of fused-ring (bicyclic) bond motifs is 1. The molecule has 1 aromatic heterocycles. The Balaban J connectivity index is 2.25. The van der Waals surface area contributed by atoms with E-state index in [1.54, 1.807) is 17.8 Å². The first-order valence-electron chi connectivity index (χ1n) is 5.90. The number of rotatable bonds is 1. The number of nitrogens with one attached hydrogen (secondary N) is 1. The third-order valence-electron chi connectivity index (χ3n) is 3.25. The molecule has 1 saturated heterocycles. The Morgan fingerprint density at radius 1 is 1.37 bits per heavy atom. The number of H-pyrrole nitrogens is 1. The summed E-state index contributed by atoms with van der Waals surface area (Å²) >= 11 is 1.60. The van der Waals surface area contributed by atoms with Gasteiger partial charge in [-0.25, -0.2) is 4.79 Å². The fourth-order valence-electron chi connectivity index (χ4n) is 2.44. The van der Waals surface area contributed by atoms with Crippen molar-refractivity contribution in [3.8, 4) is 0 Å². The van der Waals surface area contributed by atoms with Gasteiger partial charge in [0.05, 0.1) is 22.0 Å². The summed E-state index contributed by atoms with van der Waals surface area (Å²) in [5.41, 5.74) is -1.04. The highest BCUT2D eigenvalue weighted by Crippen LogP contribution is 2.38. The molecule has 0 saturated carbocycles. The van der Waals surface area contributed by atoms with Gasteiger partial charge < -0.3 is 4.98 Å². The highest BCUT2D eigenvalue weighted by Gasteiger charge is 2.34. The van der Waals surface area contributed by atoms with Crippen LogP contribution in [0.4, 0.5) is 13.2 Å². The van der Waals surface area contributed by atoms with E-state index in [0.29, 0.717) is 5.52 Å². The first kappa shape index (κ1) is 12.7. The van der Waals surface area contributed by atoms with Crippen molar-refractivity contribution in [2.24, 2.45) is 0 Å². The molecule has 2 heterocycles. The molecular weight excluding hydrogens is 277 g/mol. The second kappa shape index (κ2) is 4.33. The summed E-state index contributed by atoms with van der Waals surface area (Å²) in [6.07, 6.45) is -2.67. The second-order valence-corrected chi connectivity index (χ2v) is 5.75. The topological polar surface area (TPSA) is 37.8 Å².